The Labute approximate surface area is 145 Å². The van der Waals surface area contributed by atoms with Crippen LogP contribution in [-0.2, 0) is 9.53 Å². The van der Waals surface area contributed by atoms with Gasteiger partial charge in [-0.05, 0) is 29.2 Å². The molecule has 2 atom stereocenters. The van der Waals surface area contributed by atoms with Crippen molar-refractivity contribution in [1.29, 1.82) is 0 Å². The number of nitrogens with one attached hydrogen (secondary N) is 1. The second-order valence-corrected chi connectivity index (χ2v) is 6.03. The number of rotatable bonds is 5. The van der Waals surface area contributed by atoms with Crippen LogP contribution in [0, 0.1) is 0 Å². The molecule has 0 aromatic heterocycles. The van der Waals surface area contributed by atoms with Gasteiger partial charge in [0.1, 0.15) is 6.61 Å². The molecule has 25 heavy (non-hydrogen) atoms. The average Bonchev–Trinajstić information content (AvgIpc) is 2.91. The summed E-state index contributed by atoms with van der Waals surface area (Å²) in [6.07, 6.45) is -2.09. The number of carboxylic acids is 1. The quantitative estimate of drug-likeness (QED) is 0.776. The van der Waals surface area contributed by atoms with Crippen LogP contribution in [0.3, 0.4) is 0 Å². The zero-order chi connectivity index (χ0) is 18.0. The molecular formula is C19H19NO5. The molecular weight excluding hydrogens is 322 g/mol. The minimum Gasteiger partial charge on any atom is -0.480 e. The molecule has 0 spiro atoms. The summed E-state index contributed by atoms with van der Waals surface area (Å²) in [5.41, 5.74) is 4.36. The first-order valence-electron chi connectivity index (χ1n) is 8.01. The van der Waals surface area contributed by atoms with Crippen LogP contribution in [0.2, 0.25) is 0 Å². The molecule has 2 aromatic rings. The van der Waals surface area contributed by atoms with Gasteiger partial charge in [0, 0.05) is 5.92 Å². The van der Waals surface area contributed by atoms with Gasteiger partial charge in [0.05, 0.1) is 6.10 Å². The van der Waals surface area contributed by atoms with Crippen molar-refractivity contribution in [2.45, 2.75) is 25.0 Å². The Morgan fingerprint density at radius 1 is 1.08 bits per heavy atom. The fourth-order valence-corrected chi connectivity index (χ4v) is 3.16. The fraction of sp³-hybridized carbons (Fsp3) is 0.263. The first-order valence-corrected chi connectivity index (χ1v) is 8.01. The number of carbonyl (C=O) groups is 2. The fourth-order valence-electron chi connectivity index (χ4n) is 3.16. The monoisotopic (exact) mass is 341 g/mol. The molecule has 0 radical (unpaired) electrons. The lowest BCUT2D eigenvalue weighted by molar-refractivity contribution is -0.142. The largest absolute Gasteiger partial charge is 0.480 e. The Balaban J connectivity index is 1.73. The molecule has 1 unspecified atom stereocenters. The topological polar surface area (TPSA) is 95.9 Å². The van der Waals surface area contributed by atoms with Crippen molar-refractivity contribution in [2.24, 2.45) is 0 Å². The summed E-state index contributed by atoms with van der Waals surface area (Å²) in [5, 5.41) is 20.6. The maximum atomic E-state index is 11.9. The molecule has 3 rings (SSSR count). The van der Waals surface area contributed by atoms with E-state index in [2.05, 4.69) is 5.32 Å². The van der Waals surface area contributed by atoms with Gasteiger partial charge in [-0.3, -0.25) is 0 Å². The Bertz CT molecular complexity index is 756. The van der Waals surface area contributed by atoms with E-state index in [9.17, 15) is 14.7 Å². The summed E-state index contributed by atoms with van der Waals surface area (Å²) in [6, 6.07) is 14.4. The summed E-state index contributed by atoms with van der Waals surface area (Å²) in [4.78, 5) is 23.0. The van der Waals surface area contributed by atoms with Gasteiger partial charge in [-0.25, -0.2) is 9.59 Å². The molecule has 0 aliphatic heterocycles. The molecule has 1 aliphatic carbocycles. The number of aliphatic hydroxyl groups is 1. The summed E-state index contributed by atoms with van der Waals surface area (Å²) >= 11 is 0. The number of amides is 1. The van der Waals surface area contributed by atoms with Gasteiger partial charge in [-0.15, -0.1) is 0 Å². The zero-order valence-electron chi connectivity index (χ0n) is 13.7. The van der Waals surface area contributed by atoms with Gasteiger partial charge in [0.2, 0.25) is 0 Å². The third kappa shape index (κ3) is 3.34. The van der Waals surface area contributed by atoms with Gasteiger partial charge >= 0.3 is 12.1 Å². The summed E-state index contributed by atoms with van der Waals surface area (Å²) in [6.45, 7) is 1.38. The van der Waals surface area contributed by atoms with Crippen LogP contribution >= 0.6 is 0 Å². The molecule has 0 saturated heterocycles. The average molecular weight is 341 g/mol. The maximum Gasteiger partial charge on any atom is 0.407 e. The van der Waals surface area contributed by atoms with E-state index in [0.717, 1.165) is 22.3 Å². The number of carbonyl (C=O) groups excluding carboxylic acids is 1. The first-order chi connectivity index (χ1) is 12.0. The van der Waals surface area contributed by atoms with Crippen molar-refractivity contribution in [2.75, 3.05) is 6.61 Å². The Hall–Kier alpha value is -2.86. The highest BCUT2D eigenvalue weighted by atomic mass is 16.5. The van der Waals surface area contributed by atoms with E-state index < -0.39 is 24.2 Å². The standard InChI is InChI=1S/C19H19NO5/c1-11(21)17(18(22)23)20-19(24)25-10-16-14-8-4-2-6-12(14)13-7-3-5-9-15(13)16/h2-9,11,16-17,21H,10H2,1H3,(H,20,24)(H,22,23)/t11?,17-/m0/s1. The Morgan fingerprint density at radius 3 is 2.08 bits per heavy atom. The highest BCUT2D eigenvalue weighted by molar-refractivity contribution is 5.81. The van der Waals surface area contributed by atoms with Crippen LogP contribution in [0.1, 0.15) is 24.0 Å². The van der Waals surface area contributed by atoms with Gasteiger partial charge in [-0.2, -0.15) is 0 Å². The SMILES string of the molecule is CC(O)[C@H](NC(=O)OCC1c2ccccc2-c2ccccc21)C(=O)O. The second-order valence-electron chi connectivity index (χ2n) is 6.03. The lowest BCUT2D eigenvalue weighted by Crippen LogP contribution is -2.48. The van der Waals surface area contributed by atoms with Crippen molar-refractivity contribution in [1.82, 2.24) is 5.32 Å². The minimum absolute atomic E-state index is 0.0893. The van der Waals surface area contributed by atoms with E-state index in [-0.39, 0.29) is 12.5 Å². The van der Waals surface area contributed by atoms with Gasteiger partial charge < -0.3 is 20.3 Å². The molecule has 2 aromatic carbocycles. The number of carboxylic acid groups (broad SMARTS) is 1. The zero-order valence-corrected chi connectivity index (χ0v) is 13.7. The number of alkyl carbamates (subject to hydrolysis) is 1. The van der Waals surface area contributed by atoms with E-state index in [1.807, 2.05) is 48.5 Å². The van der Waals surface area contributed by atoms with Crippen LogP contribution in [0.5, 0.6) is 0 Å². The molecule has 3 N–H and O–H groups in total. The van der Waals surface area contributed by atoms with Crippen LogP contribution in [0.4, 0.5) is 4.79 Å². The van der Waals surface area contributed by atoms with Gasteiger partial charge in [0.15, 0.2) is 6.04 Å². The number of hydrogen-bond acceptors (Lipinski definition) is 4. The van der Waals surface area contributed by atoms with Crippen molar-refractivity contribution >= 4 is 12.1 Å². The number of fused-ring (bicyclic) bond motifs is 3. The molecule has 0 bridgehead atoms. The highest BCUT2D eigenvalue weighted by Crippen LogP contribution is 2.44. The van der Waals surface area contributed by atoms with E-state index in [1.165, 1.54) is 6.92 Å². The number of benzene rings is 2. The molecule has 6 nitrogen and oxygen atoms in total. The lowest BCUT2D eigenvalue weighted by atomic mass is 9.98. The van der Waals surface area contributed by atoms with E-state index in [4.69, 9.17) is 9.84 Å². The van der Waals surface area contributed by atoms with E-state index in [1.54, 1.807) is 0 Å². The molecule has 0 heterocycles. The highest BCUT2D eigenvalue weighted by Gasteiger charge is 2.30. The predicted molar refractivity (Wildman–Crippen MR) is 91.3 cm³/mol. The second kappa shape index (κ2) is 6.94. The molecule has 0 fully saturated rings. The molecule has 6 heteroatoms. The third-order valence-corrected chi connectivity index (χ3v) is 4.37. The predicted octanol–water partition coefficient (Wildman–Crippen LogP) is 2.36. The number of ether oxygens (including phenoxy) is 1. The maximum absolute atomic E-state index is 11.9. The van der Waals surface area contributed by atoms with Crippen LogP contribution in [-0.4, -0.2) is 41.0 Å². The van der Waals surface area contributed by atoms with Crippen molar-refractivity contribution < 1.29 is 24.5 Å². The van der Waals surface area contributed by atoms with Crippen LogP contribution in [0.15, 0.2) is 48.5 Å². The van der Waals surface area contributed by atoms with Gasteiger partial charge in [0.25, 0.3) is 0 Å². The third-order valence-electron chi connectivity index (χ3n) is 4.37. The first kappa shape index (κ1) is 17.0. The smallest absolute Gasteiger partial charge is 0.407 e. The molecule has 1 amide bonds. The lowest BCUT2D eigenvalue weighted by Gasteiger charge is -2.18. The molecule has 130 valence electrons. The van der Waals surface area contributed by atoms with Crippen molar-refractivity contribution in [3.8, 4) is 11.1 Å². The van der Waals surface area contributed by atoms with E-state index >= 15 is 0 Å². The number of aliphatic carboxylic acids is 1. The summed E-state index contributed by atoms with van der Waals surface area (Å²) in [5.74, 6) is -1.42. The van der Waals surface area contributed by atoms with Crippen LogP contribution in [0.25, 0.3) is 11.1 Å². The molecule has 0 saturated carbocycles. The summed E-state index contributed by atoms with van der Waals surface area (Å²) < 4.78 is 5.25. The summed E-state index contributed by atoms with van der Waals surface area (Å²) in [7, 11) is 0. The number of hydrogen-bond donors (Lipinski definition) is 3. The van der Waals surface area contributed by atoms with Crippen LogP contribution < -0.4 is 5.32 Å². The van der Waals surface area contributed by atoms with E-state index in [0.29, 0.717) is 0 Å². The molecule has 1 aliphatic rings. The minimum atomic E-state index is -1.41. The Morgan fingerprint density at radius 2 is 1.60 bits per heavy atom. The number of aliphatic hydroxyl groups excluding tert-OH is 1. The van der Waals surface area contributed by atoms with Crippen molar-refractivity contribution in [3.63, 3.8) is 0 Å². The normalized spacial score (nSPS) is 15.0. The van der Waals surface area contributed by atoms with Crippen molar-refractivity contribution in [3.05, 3.63) is 59.7 Å². The van der Waals surface area contributed by atoms with Gasteiger partial charge in [-0.1, -0.05) is 48.5 Å². The Kier molecular flexibility index (Phi) is 4.72.